The summed E-state index contributed by atoms with van der Waals surface area (Å²) in [5, 5.41) is 5.36. The summed E-state index contributed by atoms with van der Waals surface area (Å²) in [4.78, 5) is 23.1. The second-order valence-corrected chi connectivity index (χ2v) is 5.46. The fourth-order valence-corrected chi connectivity index (χ4v) is 2.43. The molecule has 2 amide bonds. The molecular weight excluding hydrogens is 315 g/mol. The number of carbonyl (C=O) groups excluding carboxylic acids is 2. The number of amides is 2. The van der Waals surface area contributed by atoms with E-state index >= 15 is 0 Å². The van der Waals surface area contributed by atoms with Gasteiger partial charge in [-0.1, -0.05) is 0 Å². The lowest BCUT2D eigenvalue weighted by Crippen LogP contribution is -2.40. The fourth-order valence-electron chi connectivity index (χ4n) is 1.97. The van der Waals surface area contributed by atoms with E-state index in [0.717, 1.165) is 5.56 Å². The van der Waals surface area contributed by atoms with Gasteiger partial charge in [0.2, 0.25) is 11.8 Å². The minimum Gasteiger partial charge on any atom is -0.355 e. The van der Waals surface area contributed by atoms with Crippen LogP contribution in [0.1, 0.15) is 18.4 Å². The quantitative estimate of drug-likeness (QED) is 0.875. The lowest BCUT2D eigenvalue weighted by Gasteiger charge is -2.22. The van der Waals surface area contributed by atoms with E-state index in [4.69, 9.17) is 0 Å². The van der Waals surface area contributed by atoms with E-state index in [1.807, 2.05) is 0 Å². The Morgan fingerprint density at radius 3 is 2.89 bits per heavy atom. The van der Waals surface area contributed by atoms with Crippen LogP contribution in [-0.2, 0) is 9.59 Å². The molecule has 1 fully saturated rings. The van der Waals surface area contributed by atoms with Gasteiger partial charge < -0.3 is 10.6 Å². The zero-order chi connectivity index (χ0) is 14.0. The van der Waals surface area contributed by atoms with Crippen LogP contribution in [0.15, 0.2) is 16.6 Å². The Hall–Kier alpha value is -1.43. The molecule has 0 aliphatic carbocycles. The smallest absolute Gasteiger partial charge is 0.229 e. The van der Waals surface area contributed by atoms with Gasteiger partial charge in [-0.15, -0.1) is 0 Å². The molecule has 0 radical (unpaired) electrons. The van der Waals surface area contributed by atoms with Gasteiger partial charge in [0.1, 0.15) is 5.82 Å². The van der Waals surface area contributed by atoms with Gasteiger partial charge >= 0.3 is 0 Å². The molecule has 1 saturated heterocycles. The fraction of sp³-hybridized carbons (Fsp3) is 0.385. The van der Waals surface area contributed by atoms with Crippen LogP contribution in [-0.4, -0.2) is 18.4 Å². The summed E-state index contributed by atoms with van der Waals surface area (Å²) >= 11 is 3.09. The molecule has 0 saturated carbocycles. The van der Waals surface area contributed by atoms with Gasteiger partial charge in [-0.3, -0.25) is 9.59 Å². The molecule has 19 heavy (non-hydrogen) atoms. The minimum atomic E-state index is -0.419. The molecule has 1 aromatic rings. The Bertz CT molecular complexity index is 524. The number of anilines is 1. The third-order valence-corrected chi connectivity index (χ3v) is 3.77. The van der Waals surface area contributed by atoms with Crippen molar-refractivity contribution in [2.24, 2.45) is 5.92 Å². The summed E-state index contributed by atoms with van der Waals surface area (Å²) in [7, 11) is 0. The Labute approximate surface area is 118 Å². The maximum atomic E-state index is 13.4. The van der Waals surface area contributed by atoms with Crippen molar-refractivity contribution >= 4 is 33.4 Å². The lowest BCUT2D eigenvalue weighted by molar-refractivity contribution is -0.126. The number of nitrogens with one attached hydrogen (secondary N) is 2. The van der Waals surface area contributed by atoms with Crippen molar-refractivity contribution in [3.63, 3.8) is 0 Å². The number of rotatable bonds is 2. The van der Waals surface area contributed by atoms with Gasteiger partial charge in [-0.2, -0.15) is 0 Å². The molecule has 6 heteroatoms. The first-order valence-electron chi connectivity index (χ1n) is 6.00. The molecule has 1 unspecified atom stereocenters. The molecule has 2 N–H and O–H groups in total. The highest BCUT2D eigenvalue weighted by Crippen LogP contribution is 2.25. The first-order valence-corrected chi connectivity index (χ1v) is 6.80. The Kier molecular flexibility index (Phi) is 4.19. The van der Waals surface area contributed by atoms with Crippen molar-refractivity contribution in [2.75, 3.05) is 11.9 Å². The normalized spacial score (nSPS) is 18.9. The summed E-state index contributed by atoms with van der Waals surface area (Å²) in [6.07, 6.45) is 0.876. The maximum Gasteiger partial charge on any atom is 0.229 e. The number of hydrogen-bond acceptors (Lipinski definition) is 2. The standard InChI is InChI=1S/C13H14BrFN2O2/c1-7-4-9(14)10(15)5-11(7)17-13(19)8-2-3-12(18)16-6-8/h4-5,8H,2-3,6H2,1H3,(H,16,18)(H,17,19). The molecule has 0 aromatic heterocycles. The van der Waals surface area contributed by atoms with Crippen LogP contribution < -0.4 is 10.6 Å². The van der Waals surface area contributed by atoms with E-state index in [2.05, 4.69) is 26.6 Å². The van der Waals surface area contributed by atoms with Crippen LogP contribution in [0.25, 0.3) is 0 Å². The number of carbonyl (C=O) groups is 2. The zero-order valence-corrected chi connectivity index (χ0v) is 12.0. The Morgan fingerprint density at radius 2 is 2.26 bits per heavy atom. The van der Waals surface area contributed by atoms with Crippen LogP contribution in [0.5, 0.6) is 0 Å². The number of halogens is 2. The van der Waals surface area contributed by atoms with E-state index in [1.54, 1.807) is 13.0 Å². The van der Waals surface area contributed by atoms with E-state index < -0.39 is 5.82 Å². The molecular formula is C13H14BrFN2O2. The molecule has 1 aliphatic heterocycles. The average molecular weight is 329 g/mol. The highest BCUT2D eigenvalue weighted by atomic mass is 79.9. The predicted octanol–water partition coefficient (Wildman–Crippen LogP) is 2.36. The Balaban J connectivity index is 2.07. The van der Waals surface area contributed by atoms with E-state index in [-0.39, 0.29) is 17.7 Å². The molecule has 0 bridgehead atoms. The van der Waals surface area contributed by atoms with Crippen LogP contribution in [0.4, 0.5) is 10.1 Å². The van der Waals surface area contributed by atoms with Crippen molar-refractivity contribution < 1.29 is 14.0 Å². The van der Waals surface area contributed by atoms with E-state index in [1.165, 1.54) is 6.07 Å². The van der Waals surface area contributed by atoms with Gasteiger partial charge in [-0.05, 0) is 47.0 Å². The monoisotopic (exact) mass is 328 g/mol. The van der Waals surface area contributed by atoms with E-state index in [0.29, 0.717) is 29.5 Å². The largest absolute Gasteiger partial charge is 0.355 e. The van der Waals surface area contributed by atoms with Crippen molar-refractivity contribution in [3.05, 3.63) is 28.0 Å². The van der Waals surface area contributed by atoms with Crippen molar-refractivity contribution in [1.29, 1.82) is 0 Å². The number of hydrogen-bond donors (Lipinski definition) is 2. The average Bonchev–Trinajstić information content (AvgIpc) is 2.36. The van der Waals surface area contributed by atoms with Crippen molar-refractivity contribution in [2.45, 2.75) is 19.8 Å². The number of aryl methyl sites for hydroxylation is 1. The Morgan fingerprint density at radius 1 is 1.53 bits per heavy atom. The molecule has 102 valence electrons. The van der Waals surface area contributed by atoms with Gasteiger partial charge in [0.15, 0.2) is 0 Å². The molecule has 1 heterocycles. The van der Waals surface area contributed by atoms with Gasteiger partial charge in [0.25, 0.3) is 0 Å². The second kappa shape index (κ2) is 5.69. The SMILES string of the molecule is Cc1cc(Br)c(F)cc1NC(=O)C1CCC(=O)NC1. The number of benzene rings is 1. The predicted molar refractivity (Wildman–Crippen MR) is 73.2 cm³/mol. The third kappa shape index (κ3) is 3.32. The summed E-state index contributed by atoms with van der Waals surface area (Å²) in [5.74, 6) is -0.901. The summed E-state index contributed by atoms with van der Waals surface area (Å²) < 4.78 is 13.8. The highest BCUT2D eigenvalue weighted by Gasteiger charge is 2.24. The lowest BCUT2D eigenvalue weighted by atomic mass is 9.98. The van der Waals surface area contributed by atoms with Crippen LogP contribution >= 0.6 is 15.9 Å². The first kappa shape index (κ1) is 14.0. The van der Waals surface area contributed by atoms with Crippen molar-refractivity contribution in [1.82, 2.24) is 5.32 Å². The number of piperidine rings is 1. The van der Waals surface area contributed by atoms with Crippen molar-refractivity contribution in [3.8, 4) is 0 Å². The van der Waals surface area contributed by atoms with Crippen LogP contribution in [0.3, 0.4) is 0 Å². The molecule has 4 nitrogen and oxygen atoms in total. The maximum absolute atomic E-state index is 13.4. The van der Waals surface area contributed by atoms with E-state index in [9.17, 15) is 14.0 Å². The van der Waals surface area contributed by atoms with Gasteiger partial charge in [0.05, 0.1) is 10.4 Å². The summed E-state index contributed by atoms with van der Waals surface area (Å²) in [5.41, 5.74) is 1.24. The topological polar surface area (TPSA) is 58.2 Å². The minimum absolute atomic E-state index is 0.0325. The first-order chi connectivity index (χ1) is 8.97. The van der Waals surface area contributed by atoms with Gasteiger partial charge in [0, 0.05) is 18.7 Å². The molecule has 1 aromatic carbocycles. The van der Waals surface area contributed by atoms with Crippen LogP contribution in [0.2, 0.25) is 0 Å². The molecule has 1 aliphatic rings. The highest BCUT2D eigenvalue weighted by molar-refractivity contribution is 9.10. The molecule has 2 rings (SSSR count). The van der Waals surface area contributed by atoms with Crippen LogP contribution in [0, 0.1) is 18.7 Å². The van der Waals surface area contributed by atoms with Gasteiger partial charge in [-0.25, -0.2) is 4.39 Å². The molecule has 1 atom stereocenters. The summed E-state index contributed by atoms with van der Waals surface area (Å²) in [6, 6.07) is 2.91. The second-order valence-electron chi connectivity index (χ2n) is 4.61. The summed E-state index contributed by atoms with van der Waals surface area (Å²) in [6.45, 7) is 2.13. The molecule has 0 spiro atoms. The third-order valence-electron chi connectivity index (χ3n) is 3.16. The zero-order valence-electron chi connectivity index (χ0n) is 10.4.